The number of hydrogen-bond acceptors (Lipinski definition) is 2. The lowest BCUT2D eigenvalue weighted by Crippen LogP contribution is -2.30. The molecule has 0 bridgehead atoms. The van der Waals surface area contributed by atoms with Gasteiger partial charge in [0.1, 0.15) is 5.75 Å². The van der Waals surface area contributed by atoms with Crippen molar-refractivity contribution in [3.05, 3.63) is 59.7 Å². The molecule has 0 spiro atoms. The van der Waals surface area contributed by atoms with Crippen LogP contribution in [-0.2, 0) is 11.2 Å². The molecular weight excluding hydrogens is 288 g/mol. The van der Waals surface area contributed by atoms with E-state index in [4.69, 9.17) is 4.74 Å². The first-order valence-corrected chi connectivity index (χ1v) is 7.01. The van der Waals surface area contributed by atoms with Gasteiger partial charge in [0.15, 0.2) is 17.7 Å². The van der Waals surface area contributed by atoms with E-state index in [1.165, 1.54) is 18.6 Å². The summed E-state index contributed by atoms with van der Waals surface area (Å²) < 4.78 is 31.2. The summed E-state index contributed by atoms with van der Waals surface area (Å²) in [5.74, 6) is -2.24. The zero-order valence-corrected chi connectivity index (χ0v) is 12.4. The van der Waals surface area contributed by atoms with Crippen LogP contribution in [0.15, 0.2) is 42.5 Å². The molecule has 0 saturated heterocycles. The smallest absolute Gasteiger partial charge is 0.265 e. The van der Waals surface area contributed by atoms with Gasteiger partial charge in [-0.25, -0.2) is 8.78 Å². The number of ether oxygens (including phenoxy) is 1. The van der Waals surface area contributed by atoms with Crippen molar-refractivity contribution in [3.8, 4) is 5.75 Å². The first kappa shape index (κ1) is 15.9. The molecule has 3 nitrogen and oxygen atoms in total. The van der Waals surface area contributed by atoms with Crippen molar-refractivity contribution in [2.75, 3.05) is 5.32 Å². The van der Waals surface area contributed by atoms with Crippen molar-refractivity contribution in [1.82, 2.24) is 0 Å². The number of aryl methyl sites for hydroxylation is 1. The highest BCUT2D eigenvalue weighted by atomic mass is 19.2. The molecule has 1 atom stereocenters. The topological polar surface area (TPSA) is 38.3 Å². The Bertz CT molecular complexity index is 656. The van der Waals surface area contributed by atoms with Crippen LogP contribution < -0.4 is 10.1 Å². The van der Waals surface area contributed by atoms with Gasteiger partial charge in [0, 0.05) is 11.8 Å². The van der Waals surface area contributed by atoms with E-state index in [0.29, 0.717) is 5.69 Å². The predicted octanol–water partition coefficient (Wildman–Crippen LogP) is 3.93. The van der Waals surface area contributed by atoms with Gasteiger partial charge in [-0.3, -0.25) is 4.79 Å². The van der Waals surface area contributed by atoms with E-state index in [9.17, 15) is 13.6 Å². The van der Waals surface area contributed by atoms with E-state index in [1.54, 1.807) is 12.1 Å². The molecule has 0 aromatic heterocycles. The van der Waals surface area contributed by atoms with E-state index in [0.717, 1.165) is 18.6 Å². The summed E-state index contributed by atoms with van der Waals surface area (Å²) in [4.78, 5) is 12.0. The lowest BCUT2D eigenvalue weighted by atomic mass is 10.1. The molecule has 2 aromatic carbocycles. The number of rotatable bonds is 5. The van der Waals surface area contributed by atoms with Gasteiger partial charge in [-0.1, -0.05) is 19.1 Å². The summed E-state index contributed by atoms with van der Waals surface area (Å²) in [5.41, 5.74) is 1.83. The van der Waals surface area contributed by atoms with Crippen LogP contribution in [0, 0.1) is 11.6 Å². The summed E-state index contributed by atoms with van der Waals surface area (Å²) >= 11 is 0. The van der Waals surface area contributed by atoms with Crippen LogP contribution in [0.3, 0.4) is 0 Å². The summed E-state index contributed by atoms with van der Waals surface area (Å²) in [6.07, 6.45) is 0.0832. The molecule has 0 aliphatic carbocycles. The molecule has 1 amide bonds. The Morgan fingerprint density at radius 3 is 2.41 bits per heavy atom. The Balaban J connectivity index is 1.97. The number of carbonyl (C=O) groups is 1. The van der Waals surface area contributed by atoms with Crippen molar-refractivity contribution in [2.24, 2.45) is 0 Å². The molecule has 0 radical (unpaired) electrons. The van der Waals surface area contributed by atoms with Crippen molar-refractivity contribution in [2.45, 2.75) is 26.4 Å². The van der Waals surface area contributed by atoms with Crippen molar-refractivity contribution >= 4 is 11.6 Å². The van der Waals surface area contributed by atoms with Gasteiger partial charge in [-0.2, -0.15) is 0 Å². The first-order valence-electron chi connectivity index (χ1n) is 7.01. The van der Waals surface area contributed by atoms with E-state index >= 15 is 0 Å². The van der Waals surface area contributed by atoms with E-state index in [2.05, 4.69) is 5.32 Å². The Morgan fingerprint density at radius 2 is 1.82 bits per heavy atom. The molecule has 1 N–H and O–H groups in total. The Morgan fingerprint density at radius 1 is 1.14 bits per heavy atom. The fraction of sp³-hybridized carbons (Fsp3) is 0.235. The fourth-order valence-corrected chi connectivity index (χ4v) is 1.88. The molecular formula is C17H17F2NO2. The first-order chi connectivity index (χ1) is 10.5. The van der Waals surface area contributed by atoms with E-state index in [-0.39, 0.29) is 11.7 Å². The molecule has 0 fully saturated rings. The van der Waals surface area contributed by atoms with Gasteiger partial charge in [-0.15, -0.1) is 0 Å². The molecule has 0 unspecified atom stereocenters. The molecule has 0 aliphatic heterocycles. The third-order valence-corrected chi connectivity index (χ3v) is 3.20. The van der Waals surface area contributed by atoms with Crippen LogP contribution in [0.4, 0.5) is 14.5 Å². The molecule has 2 aromatic rings. The van der Waals surface area contributed by atoms with Gasteiger partial charge in [0.25, 0.3) is 5.91 Å². The quantitative estimate of drug-likeness (QED) is 0.909. The highest BCUT2D eigenvalue weighted by Gasteiger charge is 2.15. The molecule has 2 rings (SSSR count). The van der Waals surface area contributed by atoms with E-state index < -0.39 is 17.7 Å². The monoisotopic (exact) mass is 305 g/mol. The second-order valence-electron chi connectivity index (χ2n) is 4.88. The maximum atomic E-state index is 13.1. The number of amides is 1. The average Bonchev–Trinajstić information content (AvgIpc) is 2.51. The number of halogens is 2. The second kappa shape index (κ2) is 7.02. The lowest BCUT2D eigenvalue weighted by molar-refractivity contribution is -0.122. The van der Waals surface area contributed by atoms with Crippen LogP contribution in [0.25, 0.3) is 0 Å². The fourth-order valence-electron chi connectivity index (χ4n) is 1.88. The normalized spacial score (nSPS) is 11.8. The van der Waals surface area contributed by atoms with Gasteiger partial charge in [0.05, 0.1) is 0 Å². The second-order valence-corrected chi connectivity index (χ2v) is 4.88. The third kappa shape index (κ3) is 4.04. The lowest BCUT2D eigenvalue weighted by Gasteiger charge is -2.15. The molecule has 22 heavy (non-hydrogen) atoms. The maximum absolute atomic E-state index is 13.1. The Kier molecular flexibility index (Phi) is 5.09. The third-order valence-electron chi connectivity index (χ3n) is 3.20. The number of anilines is 1. The highest BCUT2D eigenvalue weighted by Crippen LogP contribution is 2.17. The van der Waals surface area contributed by atoms with Crippen LogP contribution in [0.1, 0.15) is 19.4 Å². The van der Waals surface area contributed by atoms with Gasteiger partial charge >= 0.3 is 0 Å². The van der Waals surface area contributed by atoms with Crippen molar-refractivity contribution in [1.29, 1.82) is 0 Å². The van der Waals surface area contributed by atoms with E-state index in [1.807, 2.05) is 19.1 Å². The van der Waals surface area contributed by atoms with Gasteiger partial charge in [0.2, 0.25) is 0 Å². The molecule has 5 heteroatoms. The van der Waals surface area contributed by atoms with Crippen LogP contribution in [0.2, 0.25) is 0 Å². The zero-order valence-electron chi connectivity index (χ0n) is 12.4. The van der Waals surface area contributed by atoms with Crippen molar-refractivity contribution in [3.63, 3.8) is 0 Å². The van der Waals surface area contributed by atoms with Crippen LogP contribution >= 0.6 is 0 Å². The van der Waals surface area contributed by atoms with Gasteiger partial charge < -0.3 is 10.1 Å². The number of benzene rings is 2. The maximum Gasteiger partial charge on any atom is 0.265 e. The minimum atomic E-state index is -1.01. The van der Waals surface area contributed by atoms with Crippen LogP contribution in [0.5, 0.6) is 5.75 Å². The molecule has 116 valence electrons. The largest absolute Gasteiger partial charge is 0.481 e. The summed E-state index contributed by atoms with van der Waals surface area (Å²) in [5, 5.41) is 2.71. The summed E-state index contributed by atoms with van der Waals surface area (Å²) in [6.45, 7) is 3.59. The Labute approximate surface area is 127 Å². The zero-order chi connectivity index (χ0) is 16.1. The molecule has 0 aliphatic rings. The molecule has 0 heterocycles. The average molecular weight is 305 g/mol. The van der Waals surface area contributed by atoms with Crippen molar-refractivity contribution < 1.29 is 18.3 Å². The summed E-state index contributed by atoms with van der Waals surface area (Å²) in [6, 6.07) is 10.6. The van der Waals surface area contributed by atoms with Crippen LogP contribution in [-0.4, -0.2) is 12.0 Å². The standard InChI is InChI=1S/C17H17F2NO2/c1-3-12-4-6-13(7-5-12)20-17(21)11(2)22-14-8-9-15(18)16(19)10-14/h4-11H,3H2,1-2H3,(H,20,21)/t11-/m0/s1. The predicted molar refractivity (Wildman–Crippen MR) is 80.9 cm³/mol. The minimum absolute atomic E-state index is 0.0999. The van der Waals surface area contributed by atoms with Gasteiger partial charge in [-0.05, 0) is 43.2 Å². The Hall–Kier alpha value is -2.43. The number of carbonyl (C=O) groups excluding carboxylic acids is 1. The SMILES string of the molecule is CCc1ccc(NC(=O)[C@H](C)Oc2ccc(F)c(F)c2)cc1. The minimum Gasteiger partial charge on any atom is -0.481 e. The number of nitrogens with one attached hydrogen (secondary N) is 1. The number of hydrogen-bond donors (Lipinski definition) is 1. The summed E-state index contributed by atoms with van der Waals surface area (Å²) in [7, 11) is 0. The molecule has 0 saturated carbocycles. The highest BCUT2D eigenvalue weighted by molar-refractivity contribution is 5.94.